The molecule has 0 saturated carbocycles. The molecule has 2 atom stereocenters. The molecule has 2 aliphatic rings. The Morgan fingerprint density at radius 2 is 2.14 bits per heavy atom. The second kappa shape index (κ2) is 6.92. The molecule has 0 bridgehead atoms. The number of rotatable bonds is 5. The molecule has 2 fully saturated rings. The second-order valence-corrected chi connectivity index (χ2v) is 5.97. The van der Waals surface area contributed by atoms with Crippen LogP contribution in [0.1, 0.15) is 30.9 Å². The quantitative estimate of drug-likeness (QED) is 0.897. The minimum Gasteiger partial charge on any atom is -0.373 e. The Morgan fingerprint density at radius 3 is 2.86 bits per heavy atom. The van der Waals surface area contributed by atoms with Gasteiger partial charge in [0.25, 0.3) is 0 Å². The highest BCUT2D eigenvalue weighted by molar-refractivity contribution is 5.85. The van der Waals surface area contributed by atoms with E-state index < -0.39 is 0 Å². The summed E-state index contributed by atoms with van der Waals surface area (Å²) in [5, 5.41) is 2.96. The van der Waals surface area contributed by atoms with Crippen LogP contribution in [0.25, 0.3) is 0 Å². The first-order valence-electron chi connectivity index (χ1n) is 7.95. The summed E-state index contributed by atoms with van der Waals surface area (Å²) in [7, 11) is 0. The summed E-state index contributed by atoms with van der Waals surface area (Å²) in [4.78, 5) is 25.2. The van der Waals surface area contributed by atoms with Crippen molar-refractivity contribution in [3.05, 3.63) is 35.9 Å². The smallest absolute Gasteiger partial charge is 0.239 e. The number of nitrogens with zero attached hydrogens (tertiary/aromatic N) is 1. The van der Waals surface area contributed by atoms with Gasteiger partial charge >= 0.3 is 0 Å². The Labute approximate surface area is 130 Å². The van der Waals surface area contributed by atoms with Crippen LogP contribution in [0.5, 0.6) is 0 Å². The van der Waals surface area contributed by atoms with Gasteiger partial charge in [-0.1, -0.05) is 30.3 Å². The SMILES string of the molecule is O=C(CN1CCCC1=O)NC[C@H]1CCO[C@@H]1c1ccccc1. The van der Waals surface area contributed by atoms with Crippen LogP contribution in [0.15, 0.2) is 30.3 Å². The van der Waals surface area contributed by atoms with E-state index in [9.17, 15) is 9.59 Å². The third kappa shape index (κ3) is 3.47. The molecule has 0 aliphatic carbocycles. The van der Waals surface area contributed by atoms with E-state index in [1.165, 1.54) is 0 Å². The maximum atomic E-state index is 12.0. The van der Waals surface area contributed by atoms with Crippen molar-refractivity contribution in [3.8, 4) is 0 Å². The maximum Gasteiger partial charge on any atom is 0.239 e. The van der Waals surface area contributed by atoms with Crippen molar-refractivity contribution in [2.24, 2.45) is 5.92 Å². The van der Waals surface area contributed by atoms with Crippen LogP contribution < -0.4 is 5.32 Å². The normalized spacial score (nSPS) is 24.7. The highest BCUT2D eigenvalue weighted by atomic mass is 16.5. The summed E-state index contributed by atoms with van der Waals surface area (Å²) < 4.78 is 5.82. The zero-order valence-electron chi connectivity index (χ0n) is 12.7. The predicted octanol–water partition coefficient (Wildman–Crippen LogP) is 1.50. The predicted molar refractivity (Wildman–Crippen MR) is 82.1 cm³/mol. The van der Waals surface area contributed by atoms with Gasteiger partial charge in [0.15, 0.2) is 0 Å². The molecule has 0 aromatic heterocycles. The minimum absolute atomic E-state index is 0.0509. The Kier molecular flexibility index (Phi) is 4.73. The average molecular weight is 302 g/mol. The van der Waals surface area contributed by atoms with Crippen molar-refractivity contribution in [1.82, 2.24) is 10.2 Å². The van der Waals surface area contributed by atoms with Crippen molar-refractivity contribution in [1.29, 1.82) is 0 Å². The fraction of sp³-hybridized carbons (Fsp3) is 0.529. The molecule has 1 N–H and O–H groups in total. The summed E-state index contributed by atoms with van der Waals surface area (Å²) in [6.07, 6.45) is 2.43. The summed E-state index contributed by atoms with van der Waals surface area (Å²) >= 11 is 0. The maximum absolute atomic E-state index is 12.0. The number of carbonyl (C=O) groups excluding carboxylic acids is 2. The molecule has 0 spiro atoms. The lowest BCUT2D eigenvalue weighted by atomic mass is 9.95. The van der Waals surface area contributed by atoms with Crippen LogP contribution in [-0.2, 0) is 14.3 Å². The van der Waals surface area contributed by atoms with E-state index in [2.05, 4.69) is 17.4 Å². The van der Waals surface area contributed by atoms with Crippen LogP contribution in [0.4, 0.5) is 0 Å². The van der Waals surface area contributed by atoms with Crippen molar-refractivity contribution < 1.29 is 14.3 Å². The highest BCUT2D eigenvalue weighted by Gasteiger charge is 2.30. The van der Waals surface area contributed by atoms with E-state index >= 15 is 0 Å². The van der Waals surface area contributed by atoms with E-state index in [0.717, 1.165) is 25.0 Å². The molecular formula is C17H22N2O3. The zero-order valence-corrected chi connectivity index (χ0v) is 12.7. The molecule has 0 unspecified atom stereocenters. The molecule has 5 nitrogen and oxygen atoms in total. The monoisotopic (exact) mass is 302 g/mol. The van der Waals surface area contributed by atoms with Gasteiger partial charge in [0.2, 0.25) is 11.8 Å². The van der Waals surface area contributed by atoms with E-state index in [0.29, 0.717) is 25.4 Å². The first-order valence-corrected chi connectivity index (χ1v) is 7.95. The summed E-state index contributed by atoms with van der Waals surface area (Å²) in [6.45, 7) is 2.21. The first kappa shape index (κ1) is 15.0. The van der Waals surface area contributed by atoms with Crippen molar-refractivity contribution in [2.45, 2.75) is 25.4 Å². The van der Waals surface area contributed by atoms with Gasteiger partial charge < -0.3 is 15.0 Å². The van der Waals surface area contributed by atoms with Gasteiger partial charge in [-0.3, -0.25) is 9.59 Å². The molecule has 2 saturated heterocycles. The van der Waals surface area contributed by atoms with Gasteiger partial charge in [-0.15, -0.1) is 0 Å². The lowest BCUT2D eigenvalue weighted by Gasteiger charge is -2.20. The average Bonchev–Trinajstić information content (AvgIpc) is 3.16. The number of hydrogen-bond donors (Lipinski definition) is 1. The first-order chi connectivity index (χ1) is 10.7. The van der Waals surface area contributed by atoms with Crippen molar-refractivity contribution >= 4 is 11.8 Å². The molecule has 5 heteroatoms. The number of carbonyl (C=O) groups is 2. The number of hydrogen-bond acceptors (Lipinski definition) is 3. The van der Waals surface area contributed by atoms with Crippen LogP contribution in [0.2, 0.25) is 0 Å². The number of likely N-dealkylation sites (tertiary alicyclic amines) is 1. The molecule has 1 aromatic carbocycles. The van der Waals surface area contributed by atoms with E-state index in [-0.39, 0.29) is 24.5 Å². The minimum atomic E-state index is -0.0750. The van der Waals surface area contributed by atoms with Gasteiger partial charge in [0.05, 0.1) is 12.6 Å². The fourth-order valence-corrected chi connectivity index (χ4v) is 3.20. The molecule has 0 radical (unpaired) electrons. The molecule has 1 aromatic rings. The van der Waals surface area contributed by atoms with Crippen LogP contribution in [0.3, 0.4) is 0 Å². The van der Waals surface area contributed by atoms with E-state index in [1.54, 1.807) is 4.90 Å². The van der Waals surface area contributed by atoms with Crippen molar-refractivity contribution in [2.75, 3.05) is 26.2 Å². The molecule has 3 rings (SSSR count). The lowest BCUT2D eigenvalue weighted by Crippen LogP contribution is -2.39. The Balaban J connectivity index is 1.50. The highest BCUT2D eigenvalue weighted by Crippen LogP contribution is 2.33. The van der Waals surface area contributed by atoms with Gasteiger partial charge in [-0.05, 0) is 18.4 Å². The van der Waals surface area contributed by atoms with Gasteiger partial charge in [-0.25, -0.2) is 0 Å². The molecule has 2 amide bonds. The molecular weight excluding hydrogens is 280 g/mol. The largest absolute Gasteiger partial charge is 0.373 e. The number of ether oxygens (including phenoxy) is 1. The third-order valence-corrected chi connectivity index (χ3v) is 4.41. The summed E-state index contributed by atoms with van der Waals surface area (Å²) in [6, 6.07) is 10.1. The van der Waals surface area contributed by atoms with Crippen LogP contribution in [-0.4, -0.2) is 43.0 Å². The standard InChI is InChI=1S/C17H22N2O3/c20-15(12-19-9-4-7-16(19)21)18-11-14-8-10-22-17(14)13-5-2-1-3-6-13/h1-3,5-6,14,17H,4,7-12H2,(H,18,20)/t14-,17-/m1/s1. The Hall–Kier alpha value is -1.88. The summed E-state index contributed by atoms with van der Waals surface area (Å²) in [5.74, 6) is 0.302. The van der Waals surface area contributed by atoms with Gasteiger partial charge in [0, 0.05) is 32.0 Å². The Morgan fingerprint density at radius 1 is 1.32 bits per heavy atom. The number of benzene rings is 1. The number of amides is 2. The van der Waals surface area contributed by atoms with Crippen LogP contribution >= 0.6 is 0 Å². The van der Waals surface area contributed by atoms with E-state index in [1.807, 2.05) is 18.2 Å². The second-order valence-electron chi connectivity index (χ2n) is 5.97. The topological polar surface area (TPSA) is 58.6 Å². The van der Waals surface area contributed by atoms with Gasteiger partial charge in [-0.2, -0.15) is 0 Å². The van der Waals surface area contributed by atoms with E-state index in [4.69, 9.17) is 4.74 Å². The van der Waals surface area contributed by atoms with Crippen molar-refractivity contribution in [3.63, 3.8) is 0 Å². The molecule has 118 valence electrons. The lowest BCUT2D eigenvalue weighted by molar-refractivity contribution is -0.133. The molecule has 22 heavy (non-hydrogen) atoms. The molecule has 2 aliphatic heterocycles. The number of nitrogens with one attached hydrogen (secondary N) is 1. The fourth-order valence-electron chi connectivity index (χ4n) is 3.20. The van der Waals surface area contributed by atoms with Crippen LogP contribution in [0, 0.1) is 5.92 Å². The zero-order chi connectivity index (χ0) is 15.4. The summed E-state index contributed by atoms with van der Waals surface area (Å²) in [5.41, 5.74) is 1.16. The molecule has 2 heterocycles. The van der Waals surface area contributed by atoms with Gasteiger partial charge in [0.1, 0.15) is 0 Å². The third-order valence-electron chi connectivity index (χ3n) is 4.41. The Bertz CT molecular complexity index is 532.